The number of anilines is 1. The van der Waals surface area contributed by atoms with Crippen LogP contribution in [0.15, 0.2) is 89.7 Å². The van der Waals surface area contributed by atoms with Gasteiger partial charge in [-0.3, -0.25) is 4.90 Å². The normalized spacial score (nSPS) is 15.3. The molecule has 5 rings (SSSR count). The van der Waals surface area contributed by atoms with E-state index in [1.807, 2.05) is 31.2 Å². The second-order valence-electron chi connectivity index (χ2n) is 8.52. The zero-order valence-corrected chi connectivity index (χ0v) is 19.8. The Kier molecular flexibility index (Phi) is 6.45. The lowest BCUT2D eigenvalue weighted by Gasteiger charge is -2.36. The molecule has 0 spiro atoms. The minimum Gasteiger partial charge on any atom is -0.461 e. The lowest BCUT2D eigenvalue weighted by molar-refractivity contribution is 0.156. The van der Waals surface area contributed by atoms with Gasteiger partial charge >= 0.3 is 0 Å². The average molecular weight is 468 g/mol. The Morgan fingerprint density at radius 1 is 1.09 bits per heavy atom. The summed E-state index contributed by atoms with van der Waals surface area (Å²) in [6.45, 7) is 11.1. The van der Waals surface area contributed by atoms with Gasteiger partial charge in [0.05, 0.1) is 12.0 Å². The third-order valence-electron chi connectivity index (χ3n) is 6.08. The van der Waals surface area contributed by atoms with Crippen molar-refractivity contribution in [1.82, 2.24) is 29.4 Å². The summed E-state index contributed by atoms with van der Waals surface area (Å²) in [7, 11) is 0. The number of nitrogen functional groups attached to an aromatic ring is 1. The van der Waals surface area contributed by atoms with Crippen molar-refractivity contribution in [1.29, 1.82) is 0 Å². The molecule has 4 heterocycles. The first-order valence-electron chi connectivity index (χ1n) is 11.7. The minimum absolute atomic E-state index is 0.262. The van der Waals surface area contributed by atoms with Crippen LogP contribution >= 0.6 is 0 Å². The van der Waals surface area contributed by atoms with Crippen LogP contribution in [-0.2, 0) is 6.54 Å². The monoisotopic (exact) mass is 467 g/mol. The van der Waals surface area contributed by atoms with E-state index in [0.29, 0.717) is 17.2 Å². The molecule has 0 bridgehead atoms. The Labute approximate surface area is 204 Å². The minimum atomic E-state index is 0.262. The molecule has 1 saturated heterocycles. The predicted molar refractivity (Wildman–Crippen MR) is 138 cm³/mol. The van der Waals surface area contributed by atoms with Gasteiger partial charge in [0.1, 0.15) is 0 Å². The third-order valence-corrected chi connectivity index (χ3v) is 6.08. The number of allylic oxidation sites excluding steroid dienone is 4. The summed E-state index contributed by atoms with van der Waals surface area (Å²) in [4.78, 5) is 14.0. The fourth-order valence-electron chi connectivity index (χ4n) is 4.26. The summed E-state index contributed by atoms with van der Waals surface area (Å²) in [5.74, 6) is 1.31. The first kappa shape index (κ1) is 22.6. The summed E-state index contributed by atoms with van der Waals surface area (Å²) >= 11 is 0. The lowest BCUT2D eigenvalue weighted by atomic mass is 10.1. The van der Waals surface area contributed by atoms with Crippen LogP contribution in [0.4, 0.5) is 5.95 Å². The Morgan fingerprint density at radius 3 is 2.60 bits per heavy atom. The zero-order chi connectivity index (χ0) is 24.2. The molecule has 0 radical (unpaired) electrons. The molecule has 178 valence electrons. The van der Waals surface area contributed by atoms with Gasteiger partial charge in [-0.05, 0) is 30.7 Å². The molecule has 1 aliphatic heterocycles. The first-order chi connectivity index (χ1) is 17.1. The highest BCUT2D eigenvalue weighted by atomic mass is 16.3. The van der Waals surface area contributed by atoms with Crippen LogP contribution in [0.5, 0.6) is 0 Å². The number of nitrogens with zero attached hydrogens (tertiary/aromatic N) is 6. The topological polar surface area (TPSA) is 88.7 Å². The molecule has 8 heteroatoms. The van der Waals surface area contributed by atoms with Gasteiger partial charge in [-0.25, -0.2) is 9.97 Å². The van der Waals surface area contributed by atoms with Gasteiger partial charge in [0.15, 0.2) is 11.4 Å². The van der Waals surface area contributed by atoms with Crippen LogP contribution in [0, 0.1) is 0 Å². The summed E-state index contributed by atoms with van der Waals surface area (Å²) in [5, 5.41) is 4.43. The standard InChI is InChI=1S/C27H29N7O/c1-3-8-22(17-20(2)33-14-12-32(13-15-33)19-21-9-5-4-6-10-21)23-18-25-30-26(24-11-7-16-35-24)31-34(25)27(28)29-23/h3-11,16-18H,2,12-15,19H2,1H3,(H2,28,29)/b8-3-,22-17+. The molecule has 0 unspecified atom stereocenters. The number of fused-ring (bicyclic) bond motifs is 1. The van der Waals surface area contributed by atoms with Crippen LogP contribution in [-0.4, -0.2) is 55.6 Å². The summed E-state index contributed by atoms with van der Waals surface area (Å²) in [6, 6.07) is 16.1. The molecular weight excluding hydrogens is 438 g/mol. The highest BCUT2D eigenvalue weighted by molar-refractivity contribution is 5.76. The fraction of sp³-hybridized carbons (Fsp3) is 0.222. The van der Waals surface area contributed by atoms with Crippen LogP contribution in [0.2, 0.25) is 0 Å². The molecule has 0 atom stereocenters. The molecule has 0 amide bonds. The second-order valence-corrected chi connectivity index (χ2v) is 8.52. The summed E-state index contributed by atoms with van der Waals surface area (Å²) in [5.41, 5.74) is 10.8. The van der Waals surface area contributed by atoms with E-state index in [1.165, 1.54) is 10.1 Å². The van der Waals surface area contributed by atoms with E-state index >= 15 is 0 Å². The Morgan fingerprint density at radius 2 is 1.89 bits per heavy atom. The molecule has 4 aromatic rings. The van der Waals surface area contributed by atoms with Crippen molar-refractivity contribution in [2.24, 2.45) is 0 Å². The summed E-state index contributed by atoms with van der Waals surface area (Å²) < 4.78 is 6.95. The number of furan rings is 1. The molecule has 0 saturated carbocycles. The van der Waals surface area contributed by atoms with Crippen LogP contribution in [0.1, 0.15) is 18.2 Å². The molecule has 2 N–H and O–H groups in total. The largest absolute Gasteiger partial charge is 0.461 e. The van der Waals surface area contributed by atoms with Crippen LogP contribution < -0.4 is 5.73 Å². The van der Waals surface area contributed by atoms with Gasteiger partial charge in [0.25, 0.3) is 0 Å². The Bertz CT molecular complexity index is 1360. The zero-order valence-electron chi connectivity index (χ0n) is 19.8. The number of rotatable bonds is 7. The Balaban J connectivity index is 1.33. The van der Waals surface area contributed by atoms with Gasteiger partial charge in [0, 0.05) is 50.1 Å². The quantitative estimate of drug-likeness (QED) is 0.406. The molecule has 0 aliphatic carbocycles. The van der Waals surface area contributed by atoms with Crippen molar-refractivity contribution in [2.75, 3.05) is 31.9 Å². The van der Waals surface area contributed by atoms with E-state index in [2.05, 4.69) is 67.9 Å². The first-order valence-corrected chi connectivity index (χ1v) is 11.7. The average Bonchev–Trinajstić information content (AvgIpc) is 3.55. The smallest absolute Gasteiger partial charge is 0.223 e. The third kappa shape index (κ3) is 5.02. The van der Waals surface area contributed by atoms with E-state index in [4.69, 9.17) is 10.2 Å². The van der Waals surface area contributed by atoms with E-state index in [0.717, 1.165) is 49.7 Å². The number of aromatic nitrogens is 4. The number of hydrogen-bond acceptors (Lipinski definition) is 7. The number of benzene rings is 1. The van der Waals surface area contributed by atoms with Gasteiger partial charge in [0.2, 0.25) is 11.8 Å². The number of hydrogen-bond donors (Lipinski definition) is 1. The van der Waals surface area contributed by atoms with Crippen molar-refractivity contribution in [3.05, 3.63) is 96.6 Å². The van der Waals surface area contributed by atoms with Crippen molar-refractivity contribution < 1.29 is 4.42 Å². The molecule has 35 heavy (non-hydrogen) atoms. The molecule has 8 nitrogen and oxygen atoms in total. The van der Waals surface area contributed by atoms with Gasteiger partial charge < -0.3 is 15.1 Å². The van der Waals surface area contributed by atoms with Crippen molar-refractivity contribution in [2.45, 2.75) is 13.5 Å². The summed E-state index contributed by atoms with van der Waals surface area (Å²) in [6.07, 6.45) is 7.65. The van der Waals surface area contributed by atoms with E-state index in [-0.39, 0.29) is 5.95 Å². The number of piperazine rings is 1. The van der Waals surface area contributed by atoms with Gasteiger partial charge in [-0.2, -0.15) is 4.52 Å². The maximum atomic E-state index is 6.24. The highest BCUT2D eigenvalue weighted by Crippen LogP contribution is 2.23. The SMILES string of the molecule is C=C(/C=C(\C=C/C)c1cc2nc(-c3ccco3)nn2c(N)n1)N1CCN(Cc2ccccc2)CC1. The molecule has 3 aromatic heterocycles. The van der Waals surface area contributed by atoms with Crippen molar-refractivity contribution in [3.63, 3.8) is 0 Å². The Hall–Kier alpha value is -4.17. The van der Waals surface area contributed by atoms with Gasteiger partial charge in [-0.1, -0.05) is 49.1 Å². The molecule has 1 aliphatic rings. The maximum absolute atomic E-state index is 6.24. The molecule has 1 fully saturated rings. The molecule has 1 aromatic carbocycles. The predicted octanol–water partition coefficient (Wildman–Crippen LogP) is 4.26. The van der Waals surface area contributed by atoms with Gasteiger partial charge in [-0.15, -0.1) is 5.10 Å². The van der Waals surface area contributed by atoms with Crippen LogP contribution in [0.3, 0.4) is 0 Å². The second kappa shape index (κ2) is 9.99. The van der Waals surface area contributed by atoms with E-state index in [1.54, 1.807) is 12.3 Å². The van der Waals surface area contributed by atoms with Crippen molar-refractivity contribution >= 4 is 17.2 Å². The fourth-order valence-corrected chi connectivity index (χ4v) is 4.26. The molecular formula is C27H29N7O. The number of nitrogens with two attached hydrogens (primary N) is 1. The maximum Gasteiger partial charge on any atom is 0.223 e. The highest BCUT2D eigenvalue weighted by Gasteiger charge is 2.18. The van der Waals surface area contributed by atoms with Crippen molar-refractivity contribution in [3.8, 4) is 11.6 Å². The van der Waals surface area contributed by atoms with E-state index in [9.17, 15) is 0 Å². The van der Waals surface area contributed by atoms with Crippen LogP contribution in [0.25, 0.3) is 22.8 Å². The van der Waals surface area contributed by atoms with E-state index < -0.39 is 0 Å². The lowest BCUT2D eigenvalue weighted by Crippen LogP contribution is -2.44.